The second-order valence-electron chi connectivity index (χ2n) is 4.23. The second-order valence-corrected chi connectivity index (χ2v) is 4.85. The molecule has 0 aromatic heterocycles. The zero-order valence-electron chi connectivity index (χ0n) is 8.87. The molecule has 0 heterocycles. The molecule has 0 radical (unpaired) electrons. The number of hydrogen-bond donors (Lipinski definition) is 2. The summed E-state index contributed by atoms with van der Waals surface area (Å²) in [6, 6.07) is 0. The molecule has 0 saturated carbocycles. The van der Waals surface area contributed by atoms with Crippen LogP contribution in [0, 0.1) is 5.92 Å². The molecule has 1 unspecified atom stereocenters. The van der Waals surface area contributed by atoms with E-state index < -0.39 is 0 Å². The summed E-state index contributed by atoms with van der Waals surface area (Å²) in [5, 5.41) is 12.5. The molecule has 1 atom stereocenters. The summed E-state index contributed by atoms with van der Waals surface area (Å²) in [5.41, 5.74) is -0.0560. The van der Waals surface area contributed by atoms with E-state index in [2.05, 4.69) is 19.2 Å². The van der Waals surface area contributed by atoms with E-state index in [9.17, 15) is 5.11 Å². The van der Waals surface area contributed by atoms with Gasteiger partial charge in [-0.05, 0) is 39.3 Å². The first-order chi connectivity index (χ1) is 6.42. The number of rotatable bonds is 2. The lowest BCUT2D eigenvalue weighted by Crippen LogP contribution is -2.47. The molecule has 0 bridgehead atoms. The Morgan fingerprint density at radius 3 is 2.71 bits per heavy atom. The Morgan fingerprint density at radius 1 is 1.64 bits per heavy atom. The van der Waals surface area contributed by atoms with Crippen molar-refractivity contribution in [3.05, 3.63) is 24.0 Å². The number of allylic oxidation sites excluding steroid dienone is 2. The molecule has 1 aliphatic carbocycles. The molecule has 14 heavy (non-hydrogen) atoms. The van der Waals surface area contributed by atoms with Crippen LogP contribution >= 0.6 is 12.2 Å². The van der Waals surface area contributed by atoms with Gasteiger partial charge in [0.1, 0.15) is 5.76 Å². The summed E-state index contributed by atoms with van der Waals surface area (Å²) in [4.78, 5) is 0.808. The van der Waals surface area contributed by atoms with Gasteiger partial charge in [0.25, 0.3) is 0 Å². The van der Waals surface area contributed by atoms with E-state index >= 15 is 0 Å². The predicted octanol–water partition coefficient (Wildman–Crippen LogP) is 2.72. The Hall–Kier alpha value is -0.830. The van der Waals surface area contributed by atoms with E-state index in [0.29, 0.717) is 11.7 Å². The maximum Gasteiger partial charge on any atom is 0.111 e. The summed E-state index contributed by atoms with van der Waals surface area (Å²) in [5.74, 6) is 0.729. The molecule has 78 valence electrons. The first-order valence-electron chi connectivity index (χ1n) is 4.78. The summed E-state index contributed by atoms with van der Waals surface area (Å²) in [6.07, 6.45) is 6.47. The average Bonchev–Trinajstić information content (AvgIpc) is 2.02. The van der Waals surface area contributed by atoms with Gasteiger partial charge in [0.2, 0.25) is 0 Å². The molecule has 2 nitrogen and oxygen atoms in total. The van der Waals surface area contributed by atoms with Gasteiger partial charge in [0.15, 0.2) is 0 Å². The van der Waals surface area contributed by atoms with Crippen molar-refractivity contribution in [3.8, 4) is 0 Å². The Balaban J connectivity index is 2.66. The van der Waals surface area contributed by atoms with Gasteiger partial charge in [-0.15, -0.1) is 0 Å². The Labute approximate surface area is 90.7 Å². The maximum absolute atomic E-state index is 9.20. The zero-order valence-corrected chi connectivity index (χ0v) is 9.69. The minimum Gasteiger partial charge on any atom is -0.508 e. The molecule has 2 N–H and O–H groups in total. The normalized spacial score (nSPS) is 21.6. The van der Waals surface area contributed by atoms with Crippen molar-refractivity contribution in [2.24, 2.45) is 5.92 Å². The molecular weight excluding hydrogens is 194 g/mol. The van der Waals surface area contributed by atoms with Crippen LogP contribution in [0.3, 0.4) is 0 Å². The molecular formula is C11H17NOS. The van der Waals surface area contributed by atoms with Gasteiger partial charge in [-0.1, -0.05) is 18.3 Å². The predicted molar refractivity (Wildman–Crippen MR) is 63.4 cm³/mol. The van der Waals surface area contributed by atoms with Crippen molar-refractivity contribution in [2.45, 2.75) is 32.7 Å². The van der Waals surface area contributed by atoms with Crippen molar-refractivity contribution < 1.29 is 5.11 Å². The van der Waals surface area contributed by atoms with Crippen LogP contribution in [0.2, 0.25) is 0 Å². The summed E-state index contributed by atoms with van der Waals surface area (Å²) < 4.78 is 0. The molecule has 1 aliphatic rings. The highest BCUT2D eigenvalue weighted by atomic mass is 32.1. The van der Waals surface area contributed by atoms with Gasteiger partial charge in [-0.2, -0.15) is 0 Å². The number of aliphatic hydroxyl groups excluding tert-OH is 1. The molecule has 3 heteroatoms. The van der Waals surface area contributed by atoms with Gasteiger partial charge in [0.05, 0.1) is 4.99 Å². The molecule has 0 aliphatic heterocycles. The van der Waals surface area contributed by atoms with Crippen LogP contribution in [-0.2, 0) is 0 Å². The third-order valence-electron chi connectivity index (χ3n) is 2.51. The van der Waals surface area contributed by atoms with E-state index in [4.69, 9.17) is 12.2 Å². The van der Waals surface area contributed by atoms with Crippen LogP contribution in [-0.4, -0.2) is 15.6 Å². The zero-order chi connectivity index (χ0) is 10.8. The minimum atomic E-state index is -0.0560. The highest BCUT2D eigenvalue weighted by Crippen LogP contribution is 2.26. The SMILES string of the molecule is CC(=S)NC(C)(C)C1C=CC(O)=CC1. The smallest absolute Gasteiger partial charge is 0.111 e. The first-order valence-corrected chi connectivity index (χ1v) is 5.19. The van der Waals surface area contributed by atoms with Crippen LogP contribution in [0.4, 0.5) is 0 Å². The van der Waals surface area contributed by atoms with Gasteiger partial charge < -0.3 is 10.4 Å². The Bertz CT molecular complexity index is 292. The molecule has 0 aromatic rings. The fourth-order valence-electron chi connectivity index (χ4n) is 1.69. The lowest BCUT2D eigenvalue weighted by molar-refractivity contribution is 0.334. The molecule has 0 saturated heterocycles. The first kappa shape index (κ1) is 11.2. The summed E-state index contributed by atoms with van der Waals surface area (Å²) in [7, 11) is 0. The van der Waals surface area contributed by atoms with E-state index in [1.807, 2.05) is 19.1 Å². The highest BCUT2D eigenvalue weighted by molar-refractivity contribution is 7.80. The summed E-state index contributed by atoms with van der Waals surface area (Å²) >= 11 is 5.04. The Morgan fingerprint density at radius 2 is 2.29 bits per heavy atom. The number of aliphatic hydroxyl groups is 1. The third-order valence-corrected chi connectivity index (χ3v) is 2.61. The maximum atomic E-state index is 9.20. The van der Waals surface area contributed by atoms with E-state index in [-0.39, 0.29) is 5.54 Å². The van der Waals surface area contributed by atoms with E-state index in [1.54, 1.807) is 6.08 Å². The molecule has 1 rings (SSSR count). The van der Waals surface area contributed by atoms with Crippen LogP contribution in [0.5, 0.6) is 0 Å². The lowest BCUT2D eigenvalue weighted by Gasteiger charge is -2.34. The molecule has 0 spiro atoms. The van der Waals surface area contributed by atoms with Crippen LogP contribution in [0.1, 0.15) is 27.2 Å². The quantitative estimate of drug-likeness (QED) is 0.689. The number of hydrogen-bond acceptors (Lipinski definition) is 2. The molecule has 0 aromatic carbocycles. The monoisotopic (exact) mass is 211 g/mol. The fourth-order valence-corrected chi connectivity index (χ4v) is 1.95. The van der Waals surface area contributed by atoms with Gasteiger partial charge >= 0.3 is 0 Å². The van der Waals surface area contributed by atoms with Crippen LogP contribution in [0.25, 0.3) is 0 Å². The van der Waals surface area contributed by atoms with E-state index in [0.717, 1.165) is 11.4 Å². The van der Waals surface area contributed by atoms with Crippen molar-refractivity contribution in [1.82, 2.24) is 5.32 Å². The highest BCUT2D eigenvalue weighted by Gasteiger charge is 2.27. The lowest BCUT2D eigenvalue weighted by atomic mass is 9.82. The molecule has 0 amide bonds. The standard InChI is InChI=1S/C11H17NOS/c1-8(14)12-11(2,3)9-4-6-10(13)7-5-9/h4,6-7,9,13H,5H2,1-3H3,(H,12,14). The number of thiocarbonyl (C=S) groups is 1. The van der Waals surface area contributed by atoms with Gasteiger partial charge in [0, 0.05) is 11.5 Å². The van der Waals surface area contributed by atoms with Crippen molar-refractivity contribution in [1.29, 1.82) is 0 Å². The van der Waals surface area contributed by atoms with Gasteiger partial charge in [-0.3, -0.25) is 0 Å². The third kappa shape index (κ3) is 2.84. The van der Waals surface area contributed by atoms with E-state index in [1.165, 1.54) is 0 Å². The van der Waals surface area contributed by atoms with Crippen molar-refractivity contribution >= 4 is 17.2 Å². The fraction of sp³-hybridized carbons (Fsp3) is 0.545. The van der Waals surface area contributed by atoms with Crippen molar-refractivity contribution in [3.63, 3.8) is 0 Å². The largest absolute Gasteiger partial charge is 0.508 e. The van der Waals surface area contributed by atoms with Crippen LogP contribution in [0.15, 0.2) is 24.0 Å². The topological polar surface area (TPSA) is 32.3 Å². The van der Waals surface area contributed by atoms with Crippen molar-refractivity contribution in [2.75, 3.05) is 0 Å². The Kier molecular flexibility index (Phi) is 3.32. The van der Waals surface area contributed by atoms with Crippen LogP contribution < -0.4 is 5.32 Å². The average molecular weight is 211 g/mol. The molecule has 0 fully saturated rings. The van der Waals surface area contributed by atoms with Gasteiger partial charge in [-0.25, -0.2) is 0 Å². The number of nitrogens with one attached hydrogen (secondary N) is 1. The second kappa shape index (κ2) is 4.13. The minimum absolute atomic E-state index is 0.0560. The summed E-state index contributed by atoms with van der Waals surface area (Å²) in [6.45, 7) is 6.12.